The first-order valence-corrected chi connectivity index (χ1v) is 15.5. The van der Waals surface area contributed by atoms with Crippen LogP contribution in [0.5, 0.6) is 5.75 Å². The molecule has 6 rings (SSSR count). The molecule has 3 aromatic heterocycles. The highest BCUT2D eigenvalue weighted by Gasteiger charge is 2.25. The van der Waals surface area contributed by atoms with Crippen molar-refractivity contribution in [3.8, 4) is 5.75 Å². The van der Waals surface area contributed by atoms with Gasteiger partial charge in [-0.05, 0) is 54.8 Å². The molecule has 49 heavy (non-hydrogen) atoms. The topological polar surface area (TPSA) is 187 Å². The number of aromatic amines is 1. The van der Waals surface area contributed by atoms with E-state index in [1.807, 2.05) is 54.1 Å². The number of carbonyl (C=O) groups is 3. The van der Waals surface area contributed by atoms with Crippen molar-refractivity contribution >= 4 is 50.8 Å². The molecule has 14 nitrogen and oxygen atoms in total. The van der Waals surface area contributed by atoms with Gasteiger partial charge in [0.25, 0.3) is 11.5 Å². The summed E-state index contributed by atoms with van der Waals surface area (Å²) in [5.74, 6) is -0.918. The molecule has 0 unspecified atom stereocenters. The molecule has 0 saturated heterocycles. The summed E-state index contributed by atoms with van der Waals surface area (Å²) in [4.78, 5) is 71.1. The van der Waals surface area contributed by atoms with Crippen LogP contribution >= 0.6 is 0 Å². The molecule has 2 amide bonds. The summed E-state index contributed by atoms with van der Waals surface area (Å²) in [5, 5.41) is 6.70. The maximum atomic E-state index is 13.9. The number of rotatable bonds is 8. The Labute approximate surface area is 279 Å². The van der Waals surface area contributed by atoms with Gasteiger partial charge in [0.05, 0.1) is 29.4 Å². The fourth-order valence-corrected chi connectivity index (χ4v) is 6.06. The largest absolute Gasteiger partial charge is 0.422 e. The number of nitrogens with zero attached hydrogens (tertiary/aromatic N) is 4. The Morgan fingerprint density at radius 3 is 2.35 bits per heavy atom. The highest BCUT2D eigenvalue weighted by Crippen LogP contribution is 2.30. The highest BCUT2D eigenvalue weighted by molar-refractivity contribution is 6.13. The number of carbonyl (C=O) groups excluding carboxylic acids is 3. The Morgan fingerprint density at radius 2 is 1.63 bits per heavy atom. The van der Waals surface area contributed by atoms with Crippen molar-refractivity contribution in [1.82, 2.24) is 29.7 Å². The Kier molecular flexibility index (Phi) is 8.57. The quantitative estimate of drug-likeness (QED) is 0.0619. The second kappa shape index (κ2) is 12.8. The number of amides is 2. The number of pyridine rings is 1. The second-order valence-corrected chi connectivity index (χ2v) is 11.9. The number of hydrogen-bond acceptors (Lipinski definition) is 8. The van der Waals surface area contributed by atoms with Crippen LogP contribution in [0.2, 0.25) is 0 Å². The molecule has 0 bridgehead atoms. The summed E-state index contributed by atoms with van der Waals surface area (Å²) in [7, 11) is 4.78. The fourth-order valence-electron chi connectivity index (χ4n) is 6.06. The lowest BCUT2D eigenvalue weighted by Gasteiger charge is -2.15. The SMILES string of the molecule is Cc1cc(C(=O)NCNC(=O)Cc2nc3c([nH]2)c(=O)n(C)c(=O)n3C)cc(C)c1OC(=O)c1c2ccccc2[n+](C)c2ccc(CN)cc12. The van der Waals surface area contributed by atoms with Gasteiger partial charge in [-0.25, -0.2) is 14.6 Å². The van der Waals surface area contributed by atoms with Gasteiger partial charge in [-0.3, -0.25) is 23.5 Å². The molecule has 0 aliphatic rings. The van der Waals surface area contributed by atoms with Crippen molar-refractivity contribution in [2.75, 3.05) is 6.67 Å². The number of fused-ring (bicyclic) bond motifs is 3. The molecule has 5 N–H and O–H groups in total. The smallest absolute Gasteiger partial charge is 0.345 e. The van der Waals surface area contributed by atoms with E-state index in [9.17, 15) is 24.0 Å². The summed E-state index contributed by atoms with van der Waals surface area (Å²) >= 11 is 0. The summed E-state index contributed by atoms with van der Waals surface area (Å²) in [5.41, 5.74) is 9.58. The number of benzene rings is 3. The number of ether oxygens (including phenoxy) is 1. The Bertz CT molecular complexity index is 2450. The minimum absolute atomic E-state index is 0.112. The third-order valence-electron chi connectivity index (χ3n) is 8.59. The molecule has 0 fully saturated rings. The Balaban J connectivity index is 1.16. The number of nitrogens with two attached hydrogens (primary N) is 1. The predicted molar refractivity (Wildman–Crippen MR) is 182 cm³/mol. The van der Waals surface area contributed by atoms with Crippen LogP contribution in [0.3, 0.4) is 0 Å². The van der Waals surface area contributed by atoms with Crippen LogP contribution in [0, 0.1) is 13.8 Å². The van der Waals surface area contributed by atoms with Gasteiger partial charge >= 0.3 is 11.7 Å². The zero-order chi connectivity index (χ0) is 35.1. The van der Waals surface area contributed by atoms with Crippen LogP contribution in [0.25, 0.3) is 33.0 Å². The number of hydrogen-bond donors (Lipinski definition) is 4. The first-order valence-electron chi connectivity index (χ1n) is 15.5. The number of aryl methyl sites for hydroxylation is 4. The van der Waals surface area contributed by atoms with Crippen LogP contribution in [-0.2, 0) is 38.9 Å². The molecule has 14 heteroatoms. The molecule has 3 aromatic carbocycles. The van der Waals surface area contributed by atoms with E-state index in [0.717, 1.165) is 31.9 Å². The Hall–Kier alpha value is -6.15. The van der Waals surface area contributed by atoms with E-state index in [-0.39, 0.29) is 30.1 Å². The number of esters is 1. The monoisotopic (exact) mass is 663 g/mol. The summed E-state index contributed by atoms with van der Waals surface area (Å²) in [6.07, 6.45) is -0.210. The molecule has 3 heterocycles. The lowest BCUT2D eigenvalue weighted by molar-refractivity contribution is -0.617. The van der Waals surface area contributed by atoms with Gasteiger partial charge in [0, 0.05) is 38.3 Å². The van der Waals surface area contributed by atoms with Gasteiger partial charge in [-0.1, -0.05) is 18.2 Å². The van der Waals surface area contributed by atoms with Crippen LogP contribution in [-0.4, -0.2) is 43.6 Å². The number of para-hydroxylation sites is 1. The van der Waals surface area contributed by atoms with Crippen LogP contribution in [0.15, 0.2) is 64.2 Å². The third-order valence-corrected chi connectivity index (χ3v) is 8.59. The molecule has 0 atom stereocenters. The molecule has 250 valence electrons. The summed E-state index contributed by atoms with van der Waals surface area (Å²) in [6, 6.07) is 16.6. The van der Waals surface area contributed by atoms with E-state index < -0.39 is 29.0 Å². The van der Waals surface area contributed by atoms with Crippen molar-refractivity contribution in [2.45, 2.75) is 26.8 Å². The summed E-state index contributed by atoms with van der Waals surface area (Å²) in [6.45, 7) is 3.64. The molecular weight excluding hydrogens is 628 g/mol. The van der Waals surface area contributed by atoms with E-state index >= 15 is 0 Å². The van der Waals surface area contributed by atoms with Crippen molar-refractivity contribution in [3.63, 3.8) is 0 Å². The van der Waals surface area contributed by atoms with E-state index in [1.165, 1.54) is 18.7 Å². The molecule has 0 aliphatic heterocycles. The summed E-state index contributed by atoms with van der Waals surface area (Å²) < 4.78 is 10.2. The average molecular weight is 664 g/mol. The molecule has 0 radical (unpaired) electrons. The van der Waals surface area contributed by atoms with Crippen LogP contribution in [0.1, 0.15) is 43.2 Å². The standard InChI is InChI=1S/C35H34N8O6/c1-18-12-21(32(45)38-17-37-27(44)15-26-39-29-31(40-26)42(4)35(48)43(5)33(29)46)13-19(2)30(18)49-34(47)28-22-8-6-7-9-24(22)41(3)25-11-10-20(16-36)14-23(25)28/h6-14H,15-17,36H2,1-5H3,(H2-,37,38,39,40,44,45,46)/p+1. The van der Waals surface area contributed by atoms with Gasteiger partial charge in [-0.2, -0.15) is 4.57 Å². The normalized spacial score (nSPS) is 11.3. The third kappa shape index (κ3) is 5.93. The molecule has 0 spiro atoms. The van der Waals surface area contributed by atoms with Gasteiger partial charge in [-0.15, -0.1) is 0 Å². The van der Waals surface area contributed by atoms with Gasteiger partial charge in [0.1, 0.15) is 24.1 Å². The van der Waals surface area contributed by atoms with Crippen molar-refractivity contribution < 1.29 is 23.7 Å². The molecule has 0 aliphatic carbocycles. The van der Waals surface area contributed by atoms with Gasteiger partial charge in [0.15, 0.2) is 5.65 Å². The van der Waals surface area contributed by atoms with Crippen molar-refractivity contribution in [1.29, 1.82) is 0 Å². The highest BCUT2D eigenvalue weighted by atomic mass is 16.5. The van der Waals surface area contributed by atoms with E-state index in [4.69, 9.17) is 10.5 Å². The van der Waals surface area contributed by atoms with Gasteiger partial charge in [0.2, 0.25) is 16.9 Å². The minimum Gasteiger partial charge on any atom is -0.422 e. The number of imidazole rings is 1. The first kappa shape index (κ1) is 32.8. The van der Waals surface area contributed by atoms with E-state index in [0.29, 0.717) is 34.5 Å². The Morgan fingerprint density at radius 1 is 0.939 bits per heavy atom. The van der Waals surface area contributed by atoms with Gasteiger partial charge < -0.3 is 26.1 Å². The molecule has 0 saturated carbocycles. The zero-order valence-electron chi connectivity index (χ0n) is 27.6. The zero-order valence-corrected chi connectivity index (χ0v) is 27.6. The first-order chi connectivity index (χ1) is 23.4. The van der Waals surface area contributed by atoms with E-state index in [1.54, 1.807) is 26.0 Å². The lowest BCUT2D eigenvalue weighted by Crippen LogP contribution is -2.38. The van der Waals surface area contributed by atoms with E-state index in [2.05, 4.69) is 20.6 Å². The van der Waals surface area contributed by atoms with Crippen molar-refractivity contribution in [2.24, 2.45) is 26.9 Å². The second-order valence-electron chi connectivity index (χ2n) is 11.9. The average Bonchev–Trinajstić information content (AvgIpc) is 3.51. The lowest BCUT2D eigenvalue weighted by atomic mass is 10.00. The van der Waals surface area contributed by atoms with Crippen LogP contribution < -0.4 is 36.9 Å². The number of H-pyrrole nitrogens is 1. The van der Waals surface area contributed by atoms with Crippen LogP contribution in [0.4, 0.5) is 0 Å². The minimum atomic E-state index is -0.548. The fraction of sp³-hybridized carbons (Fsp3) is 0.229. The van der Waals surface area contributed by atoms with Crippen molar-refractivity contribution in [3.05, 3.63) is 109 Å². The number of nitrogens with one attached hydrogen (secondary N) is 3. The molecule has 6 aromatic rings. The maximum Gasteiger partial charge on any atom is 0.345 e. The number of aromatic nitrogens is 5. The molecular formula is C35H35N8O6+. The maximum absolute atomic E-state index is 13.9. The predicted octanol–water partition coefficient (Wildman–Crippen LogP) is 1.43.